The largest absolute Gasteiger partial charge is 0.383 e. The van der Waals surface area contributed by atoms with Crippen molar-refractivity contribution in [1.29, 1.82) is 0 Å². The molecule has 0 saturated heterocycles. The average molecular weight is 294 g/mol. The fourth-order valence-electron chi connectivity index (χ4n) is 1.97. The van der Waals surface area contributed by atoms with E-state index in [9.17, 15) is 4.79 Å². The standard InChI is InChI=1S/C15H22N2O2S/c1-5-17(12(3)10-19-4)15(18)14-9-11(2)13(20-14)7-6-8-16/h9,12H,5,8,10,16H2,1-4H3. The van der Waals surface area contributed by atoms with Crippen LogP contribution >= 0.6 is 11.3 Å². The Balaban J connectivity index is 2.96. The molecule has 4 nitrogen and oxygen atoms in total. The Hall–Kier alpha value is -1.35. The quantitative estimate of drug-likeness (QED) is 0.843. The molecule has 1 atom stereocenters. The highest BCUT2D eigenvalue weighted by atomic mass is 32.1. The smallest absolute Gasteiger partial charge is 0.264 e. The molecule has 0 aromatic carbocycles. The summed E-state index contributed by atoms with van der Waals surface area (Å²) < 4.78 is 5.13. The third-order valence-corrected chi connectivity index (χ3v) is 4.11. The summed E-state index contributed by atoms with van der Waals surface area (Å²) in [5, 5.41) is 0. The van der Waals surface area contributed by atoms with Crippen molar-refractivity contribution in [3.05, 3.63) is 21.4 Å². The lowest BCUT2D eigenvalue weighted by Crippen LogP contribution is -2.40. The van der Waals surface area contributed by atoms with E-state index in [2.05, 4.69) is 11.8 Å². The maximum Gasteiger partial charge on any atom is 0.264 e. The molecule has 20 heavy (non-hydrogen) atoms. The van der Waals surface area contributed by atoms with E-state index in [1.165, 1.54) is 11.3 Å². The molecule has 1 heterocycles. The Morgan fingerprint density at radius 2 is 2.30 bits per heavy atom. The Labute approximate surface area is 124 Å². The summed E-state index contributed by atoms with van der Waals surface area (Å²) >= 11 is 1.43. The van der Waals surface area contributed by atoms with E-state index in [1.54, 1.807) is 7.11 Å². The molecule has 1 aromatic rings. The van der Waals surface area contributed by atoms with Crippen LogP contribution in [-0.2, 0) is 4.74 Å². The Bertz CT molecular complexity index is 514. The summed E-state index contributed by atoms with van der Waals surface area (Å²) in [7, 11) is 1.64. The van der Waals surface area contributed by atoms with Crippen molar-refractivity contribution in [2.45, 2.75) is 26.8 Å². The second-order valence-corrected chi connectivity index (χ2v) is 5.58. The number of carbonyl (C=O) groups excluding carboxylic acids is 1. The Morgan fingerprint density at radius 1 is 1.60 bits per heavy atom. The molecule has 1 rings (SSSR count). The molecule has 1 unspecified atom stereocenters. The van der Waals surface area contributed by atoms with Crippen molar-refractivity contribution in [2.75, 3.05) is 26.8 Å². The zero-order valence-electron chi connectivity index (χ0n) is 12.5. The molecule has 0 fully saturated rings. The maximum atomic E-state index is 12.5. The minimum atomic E-state index is 0.0333. The molecule has 0 aliphatic carbocycles. The van der Waals surface area contributed by atoms with Crippen molar-refractivity contribution >= 4 is 17.2 Å². The van der Waals surface area contributed by atoms with Gasteiger partial charge in [0.05, 0.1) is 28.9 Å². The summed E-state index contributed by atoms with van der Waals surface area (Å²) in [5.41, 5.74) is 6.40. The van der Waals surface area contributed by atoms with Gasteiger partial charge in [-0.1, -0.05) is 11.8 Å². The Kier molecular flexibility index (Phi) is 6.73. The number of hydrogen-bond donors (Lipinski definition) is 1. The highest BCUT2D eigenvalue weighted by molar-refractivity contribution is 7.14. The number of rotatable bonds is 5. The Morgan fingerprint density at radius 3 is 2.85 bits per heavy atom. The number of methoxy groups -OCH3 is 1. The first-order valence-corrected chi connectivity index (χ1v) is 7.46. The van der Waals surface area contributed by atoms with Crippen LogP contribution in [0.4, 0.5) is 0 Å². The normalized spacial score (nSPS) is 11.7. The minimum absolute atomic E-state index is 0.0333. The molecule has 0 aliphatic rings. The molecule has 110 valence electrons. The van der Waals surface area contributed by atoms with E-state index in [-0.39, 0.29) is 11.9 Å². The predicted octanol–water partition coefficient (Wildman–Crippen LogP) is 1.86. The number of amides is 1. The molecular formula is C15H22N2O2S. The van der Waals surface area contributed by atoms with Crippen LogP contribution in [0.25, 0.3) is 0 Å². The lowest BCUT2D eigenvalue weighted by molar-refractivity contribution is 0.0584. The molecule has 0 bridgehead atoms. The first-order valence-electron chi connectivity index (χ1n) is 6.64. The van der Waals surface area contributed by atoms with Crippen molar-refractivity contribution in [3.63, 3.8) is 0 Å². The third-order valence-electron chi connectivity index (χ3n) is 2.97. The predicted molar refractivity (Wildman–Crippen MR) is 83.0 cm³/mol. The van der Waals surface area contributed by atoms with Crippen molar-refractivity contribution < 1.29 is 9.53 Å². The van der Waals surface area contributed by atoms with Crippen LogP contribution in [0.15, 0.2) is 6.07 Å². The molecule has 0 spiro atoms. The van der Waals surface area contributed by atoms with Gasteiger partial charge in [0.15, 0.2) is 0 Å². The van der Waals surface area contributed by atoms with Crippen molar-refractivity contribution in [3.8, 4) is 11.8 Å². The fourth-order valence-corrected chi connectivity index (χ4v) is 2.97. The third kappa shape index (κ3) is 4.07. The number of aryl methyl sites for hydroxylation is 1. The van der Waals surface area contributed by atoms with Gasteiger partial charge in [0.2, 0.25) is 0 Å². The molecule has 1 amide bonds. The summed E-state index contributed by atoms with van der Waals surface area (Å²) in [6, 6.07) is 1.95. The molecule has 2 N–H and O–H groups in total. The van der Waals surface area contributed by atoms with Gasteiger partial charge in [0, 0.05) is 13.7 Å². The van der Waals surface area contributed by atoms with E-state index in [4.69, 9.17) is 10.5 Å². The first kappa shape index (κ1) is 16.7. The molecule has 0 radical (unpaired) electrons. The van der Waals surface area contributed by atoms with Crippen LogP contribution < -0.4 is 5.73 Å². The molecule has 0 aliphatic heterocycles. The number of nitrogens with zero attached hydrogens (tertiary/aromatic N) is 1. The van der Waals surface area contributed by atoms with Crippen LogP contribution in [0.2, 0.25) is 0 Å². The number of hydrogen-bond acceptors (Lipinski definition) is 4. The van der Waals surface area contributed by atoms with Crippen LogP contribution in [0, 0.1) is 18.8 Å². The van der Waals surface area contributed by atoms with Gasteiger partial charge in [0.25, 0.3) is 5.91 Å². The van der Waals surface area contributed by atoms with Crippen LogP contribution in [-0.4, -0.2) is 43.7 Å². The zero-order valence-corrected chi connectivity index (χ0v) is 13.3. The van der Waals surface area contributed by atoms with E-state index < -0.39 is 0 Å². The van der Waals surface area contributed by atoms with Crippen LogP contribution in [0.3, 0.4) is 0 Å². The van der Waals surface area contributed by atoms with Gasteiger partial charge in [-0.05, 0) is 32.4 Å². The summed E-state index contributed by atoms with van der Waals surface area (Å²) in [4.78, 5) is 16.0. The lowest BCUT2D eigenvalue weighted by Gasteiger charge is -2.27. The number of ether oxygens (including phenoxy) is 1. The van der Waals surface area contributed by atoms with Gasteiger partial charge in [-0.2, -0.15) is 0 Å². The second kappa shape index (κ2) is 8.05. The van der Waals surface area contributed by atoms with Gasteiger partial charge in [-0.15, -0.1) is 11.3 Å². The van der Waals surface area contributed by atoms with Gasteiger partial charge >= 0.3 is 0 Å². The number of carbonyl (C=O) groups is 1. The van der Waals surface area contributed by atoms with Crippen molar-refractivity contribution in [1.82, 2.24) is 4.90 Å². The van der Waals surface area contributed by atoms with E-state index in [1.807, 2.05) is 31.7 Å². The number of nitrogens with two attached hydrogens (primary N) is 1. The molecular weight excluding hydrogens is 272 g/mol. The number of likely N-dealkylation sites (N-methyl/N-ethyl adjacent to an activating group) is 1. The molecule has 5 heteroatoms. The van der Waals surface area contributed by atoms with E-state index >= 15 is 0 Å². The SMILES string of the molecule is CCN(C(=O)c1cc(C)c(C#CCN)s1)C(C)COC. The summed E-state index contributed by atoms with van der Waals surface area (Å²) in [6.45, 7) is 7.43. The maximum absolute atomic E-state index is 12.5. The minimum Gasteiger partial charge on any atom is -0.383 e. The topological polar surface area (TPSA) is 55.6 Å². The summed E-state index contributed by atoms with van der Waals surface area (Å²) in [5.74, 6) is 5.87. The average Bonchev–Trinajstić information content (AvgIpc) is 2.79. The van der Waals surface area contributed by atoms with Gasteiger partial charge in [-0.3, -0.25) is 4.79 Å². The van der Waals surface area contributed by atoms with Gasteiger partial charge in [-0.25, -0.2) is 0 Å². The highest BCUT2D eigenvalue weighted by Gasteiger charge is 2.22. The monoisotopic (exact) mass is 294 g/mol. The number of thiophene rings is 1. The van der Waals surface area contributed by atoms with Gasteiger partial charge < -0.3 is 15.4 Å². The summed E-state index contributed by atoms with van der Waals surface area (Å²) in [6.07, 6.45) is 0. The molecule has 0 saturated carbocycles. The van der Waals surface area contributed by atoms with Gasteiger partial charge in [0.1, 0.15) is 0 Å². The fraction of sp³-hybridized carbons (Fsp3) is 0.533. The zero-order chi connectivity index (χ0) is 15.1. The van der Waals surface area contributed by atoms with Crippen LogP contribution in [0.5, 0.6) is 0 Å². The van der Waals surface area contributed by atoms with Crippen LogP contribution in [0.1, 0.15) is 34.0 Å². The van der Waals surface area contributed by atoms with E-state index in [0.29, 0.717) is 24.6 Å². The lowest BCUT2D eigenvalue weighted by atomic mass is 10.2. The molecule has 1 aromatic heterocycles. The first-order chi connectivity index (χ1) is 9.54. The van der Waals surface area contributed by atoms with E-state index in [0.717, 1.165) is 10.4 Å². The van der Waals surface area contributed by atoms with Crippen molar-refractivity contribution in [2.24, 2.45) is 5.73 Å². The highest BCUT2D eigenvalue weighted by Crippen LogP contribution is 2.23. The second-order valence-electron chi connectivity index (χ2n) is 4.52.